The van der Waals surface area contributed by atoms with Crippen molar-refractivity contribution in [1.29, 1.82) is 0 Å². The van der Waals surface area contributed by atoms with Crippen LogP contribution in [0.4, 0.5) is 10.8 Å². The summed E-state index contributed by atoms with van der Waals surface area (Å²) in [5, 5.41) is 3.97. The van der Waals surface area contributed by atoms with Crippen molar-refractivity contribution >= 4 is 44.2 Å². The Morgan fingerprint density at radius 3 is 2.79 bits per heavy atom. The molecular formula is C22H24N4O2S. The lowest BCUT2D eigenvalue weighted by atomic mass is 9.97. The molecule has 3 aromatic rings. The van der Waals surface area contributed by atoms with Crippen LogP contribution >= 0.6 is 11.3 Å². The summed E-state index contributed by atoms with van der Waals surface area (Å²) in [7, 11) is 3.43. The van der Waals surface area contributed by atoms with Gasteiger partial charge in [0.1, 0.15) is 0 Å². The van der Waals surface area contributed by atoms with Gasteiger partial charge in [0.05, 0.1) is 16.1 Å². The van der Waals surface area contributed by atoms with Crippen molar-refractivity contribution < 1.29 is 9.59 Å². The third-order valence-corrected chi connectivity index (χ3v) is 6.23. The number of carbonyl (C=O) groups is 2. The van der Waals surface area contributed by atoms with E-state index in [2.05, 4.69) is 16.3 Å². The standard InChI is InChI=1S/C22H24N4O2S/c1-25(2)21(28)15-7-5-9-17(13-15)23-20(27)16-8-6-12-26(14-16)22-24-18-10-3-4-11-19(18)29-22/h3-5,7,9-11,13,16H,6,8,12,14H2,1-2H3,(H,23,27)/t16-/m0/s1. The van der Waals surface area contributed by atoms with E-state index in [0.29, 0.717) is 17.8 Å². The zero-order valence-electron chi connectivity index (χ0n) is 16.6. The van der Waals surface area contributed by atoms with Gasteiger partial charge in [-0.05, 0) is 43.2 Å². The summed E-state index contributed by atoms with van der Waals surface area (Å²) in [5.41, 5.74) is 2.22. The topological polar surface area (TPSA) is 65.5 Å². The van der Waals surface area contributed by atoms with Gasteiger partial charge in [-0.25, -0.2) is 4.98 Å². The minimum atomic E-state index is -0.107. The minimum Gasteiger partial charge on any atom is -0.347 e. The van der Waals surface area contributed by atoms with Crippen molar-refractivity contribution in [2.75, 3.05) is 37.4 Å². The molecule has 150 valence electrons. The van der Waals surface area contributed by atoms with E-state index in [4.69, 9.17) is 4.98 Å². The van der Waals surface area contributed by atoms with Gasteiger partial charge in [-0.1, -0.05) is 29.5 Å². The van der Waals surface area contributed by atoms with Crippen LogP contribution in [0.15, 0.2) is 48.5 Å². The summed E-state index contributed by atoms with van der Waals surface area (Å²) in [5.74, 6) is -0.199. The molecule has 2 aromatic carbocycles. The molecule has 1 aliphatic heterocycles. The van der Waals surface area contributed by atoms with Crippen LogP contribution in [0.1, 0.15) is 23.2 Å². The molecule has 0 bridgehead atoms. The smallest absolute Gasteiger partial charge is 0.253 e. The first kappa shape index (κ1) is 19.4. The van der Waals surface area contributed by atoms with Crippen LogP contribution in [-0.2, 0) is 4.79 Å². The van der Waals surface area contributed by atoms with Crippen LogP contribution in [0.5, 0.6) is 0 Å². The molecule has 2 heterocycles. The van der Waals surface area contributed by atoms with Gasteiger partial charge in [0.2, 0.25) is 5.91 Å². The van der Waals surface area contributed by atoms with Crippen LogP contribution in [0, 0.1) is 5.92 Å². The van der Waals surface area contributed by atoms with Crippen LogP contribution in [0.3, 0.4) is 0 Å². The summed E-state index contributed by atoms with van der Waals surface area (Å²) in [6, 6.07) is 15.2. The highest BCUT2D eigenvalue weighted by Crippen LogP contribution is 2.31. The van der Waals surface area contributed by atoms with E-state index < -0.39 is 0 Å². The fraction of sp³-hybridized carbons (Fsp3) is 0.318. The molecule has 2 amide bonds. The number of fused-ring (bicyclic) bond motifs is 1. The molecule has 4 rings (SSSR count). The average Bonchev–Trinajstić information content (AvgIpc) is 3.18. The molecule has 0 radical (unpaired) electrons. The monoisotopic (exact) mass is 408 g/mol. The Bertz CT molecular complexity index is 1010. The van der Waals surface area contributed by atoms with E-state index in [1.807, 2.05) is 24.3 Å². The fourth-order valence-electron chi connectivity index (χ4n) is 3.59. The number of nitrogens with one attached hydrogen (secondary N) is 1. The highest BCUT2D eigenvalue weighted by atomic mass is 32.1. The van der Waals surface area contributed by atoms with Crippen LogP contribution in [0.25, 0.3) is 10.2 Å². The molecule has 0 spiro atoms. The predicted octanol–water partition coefficient (Wildman–Crippen LogP) is 3.85. The van der Waals surface area contributed by atoms with Gasteiger partial charge in [0.15, 0.2) is 5.13 Å². The molecule has 1 fully saturated rings. The molecule has 1 N–H and O–H groups in total. The SMILES string of the molecule is CN(C)C(=O)c1cccc(NC(=O)[C@H]2CCCN(c3nc4ccccc4s3)C2)c1. The Morgan fingerprint density at radius 1 is 1.17 bits per heavy atom. The number of aromatic nitrogens is 1. The average molecular weight is 409 g/mol. The van der Waals surface area contributed by atoms with Crippen molar-refractivity contribution in [2.45, 2.75) is 12.8 Å². The number of amides is 2. The van der Waals surface area contributed by atoms with Gasteiger partial charge in [-0.3, -0.25) is 9.59 Å². The number of para-hydroxylation sites is 1. The number of thiazole rings is 1. The number of rotatable bonds is 4. The Kier molecular flexibility index (Phi) is 5.49. The summed E-state index contributed by atoms with van der Waals surface area (Å²) in [6.07, 6.45) is 1.80. The predicted molar refractivity (Wildman–Crippen MR) is 118 cm³/mol. The first-order valence-corrected chi connectivity index (χ1v) is 10.6. The fourth-order valence-corrected chi connectivity index (χ4v) is 4.59. The number of carbonyl (C=O) groups excluding carboxylic acids is 2. The number of hydrogen-bond donors (Lipinski definition) is 1. The Balaban J connectivity index is 1.45. The molecule has 7 heteroatoms. The lowest BCUT2D eigenvalue weighted by Gasteiger charge is -2.31. The second-order valence-corrected chi connectivity index (χ2v) is 8.53. The number of benzene rings is 2. The summed E-state index contributed by atoms with van der Waals surface area (Å²) in [4.78, 5) is 33.5. The number of hydrogen-bond acceptors (Lipinski definition) is 5. The van der Waals surface area contributed by atoms with E-state index in [1.54, 1.807) is 43.6 Å². The molecule has 1 saturated heterocycles. The van der Waals surface area contributed by atoms with Gasteiger partial charge >= 0.3 is 0 Å². The van der Waals surface area contributed by atoms with E-state index >= 15 is 0 Å². The van der Waals surface area contributed by atoms with Crippen molar-refractivity contribution in [2.24, 2.45) is 5.92 Å². The normalized spacial score (nSPS) is 16.6. The molecular weight excluding hydrogens is 384 g/mol. The molecule has 0 aliphatic carbocycles. The molecule has 1 aromatic heterocycles. The van der Waals surface area contributed by atoms with E-state index in [0.717, 1.165) is 34.7 Å². The largest absolute Gasteiger partial charge is 0.347 e. The van der Waals surface area contributed by atoms with E-state index in [9.17, 15) is 9.59 Å². The third-order valence-electron chi connectivity index (χ3n) is 5.13. The Labute approximate surface area is 174 Å². The van der Waals surface area contributed by atoms with Crippen molar-refractivity contribution in [3.05, 3.63) is 54.1 Å². The first-order chi connectivity index (χ1) is 14.0. The van der Waals surface area contributed by atoms with Gasteiger partial charge in [0.25, 0.3) is 5.91 Å². The summed E-state index contributed by atoms with van der Waals surface area (Å²) in [6.45, 7) is 1.57. The third kappa shape index (κ3) is 4.24. The number of anilines is 2. The second kappa shape index (κ2) is 8.21. The maximum absolute atomic E-state index is 12.9. The van der Waals surface area contributed by atoms with Gasteiger partial charge in [-0.15, -0.1) is 0 Å². The molecule has 0 saturated carbocycles. The maximum atomic E-state index is 12.9. The molecule has 6 nitrogen and oxygen atoms in total. The van der Waals surface area contributed by atoms with Crippen LogP contribution in [0.2, 0.25) is 0 Å². The van der Waals surface area contributed by atoms with E-state index in [1.165, 1.54) is 4.90 Å². The Morgan fingerprint density at radius 2 is 2.00 bits per heavy atom. The number of piperidine rings is 1. The van der Waals surface area contributed by atoms with Gasteiger partial charge in [0, 0.05) is 38.4 Å². The minimum absolute atomic E-state index is 0.00902. The van der Waals surface area contributed by atoms with Crippen molar-refractivity contribution in [1.82, 2.24) is 9.88 Å². The first-order valence-electron chi connectivity index (χ1n) is 9.74. The highest BCUT2D eigenvalue weighted by molar-refractivity contribution is 7.22. The van der Waals surface area contributed by atoms with Crippen molar-refractivity contribution in [3.63, 3.8) is 0 Å². The van der Waals surface area contributed by atoms with E-state index in [-0.39, 0.29) is 17.7 Å². The summed E-state index contributed by atoms with van der Waals surface area (Å²) >= 11 is 1.67. The van der Waals surface area contributed by atoms with Gasteiger partial charge < -0.3 is 15.1 Å². The van der Waals surface area contributed by atoms with Crippen LogP contribution < -0.4 is 10.2 Å². The van der Waals surface area contributed by atoms with Gasteiger partial charge in [-0.2, -0.15) is 0 Å². The maximum Gasteiger partial charge on any atom is 0.253 e. The van der Waals surface area contributed by atoms with Crippen molar-refractivity contribution in [3.8, 4) is 0 Å². The quantitative estimate of drug-likeness (QED) is 0.712. The molecule has 1 atom stereocenters. The lowest BCUT2D eigenvalue weighted by molar-refractivity contribution is -0.120. The zero-order valence-corrected chi connectivity index (χ0v) is 17.4. The van der Waals surface area contributed by atoms with Crippen LogP contribution in [-0.4, -0.2) is 48.9 Å². The zero-order chi connectivity index (χ0) is 20.4. The summed E-state index contributed by atoms with van der Waals surface area (Å²) < 4.78 is 1.16. The lowest BCUT2D eigenvalue weighted by Crippen LogP contribution is -2.40. The Hall–Kier alpha value is -2.93. The molecule has 1 aliphatic rings. The second-order valence-electron chi connectivity index (χ2n) is 7.52. The molecule has 29 heavy (non-hydrogen) atoms. The highest BCUT2D eigenvalue weighted by Gasteiger charge is 2.27. The molecule has 0 unspecified atom stereocenters. The number of nitrogens with zero attached hydrogens (tertiary/aromatic N) is 3.